The highest BCUT2D eigenvalue weighted by atomic mass is 16.6. The molecule has 0 spiro atoms. The quantitative estimate of drug-likeness (QED) is 0.618. The summed E-state index contributed by atoms with van der Waals surface area (Å²) < 4.78 is 0. The predicted octanol–water partition coefficient (Wildman–Crippen LogP) is 2.65. The lowest BCUT2D eigenvalue weighted by molar-refractivity contribution is -0.384. The number of piperidine rings is 1. The van der Waals surface area contributed by atoms with E-state index in [1.54, 1.807) is 12.3 Å². The Morgan fingerprint density at radius 1 is 1.40 bits per heavy atom. The molecule has 3 rings (SSSR count). The van der Waals surface area contributed by atoms with Crippen LogP contribution in [0.25, 0.3) is 10.8 Å². The van der Waals surface area contributed by atoms with Gasteiger partial charge in [-0.05, 0) is 49.4 Å². The largest absolute Gasteiger partial charge is 0.390 e. The van der Waals surface area contributed by atoms with Gasteiger partial charge in [0.25, 0.3) is 5.69 Å². The third-order valence-electron chi connectivity index (χ3n) is 4.81. The van der Waals surface area contributed by atoms with Crippen LogP contribution < -0.4 is 5.32 Å². The molecule has 1 unspecified atom stereocenters. The fourth-order valence-electron chi connectivity index (χ4n) is 3.23. The lowest BCUT2D eigenvalue weighted by Crippen LogP contribution is -2.40. The van der Waals surface area contributed by atoms with Crippen LogP contribution in [0.4, 0.5) is 11.5 Å². The van der Waals surface area contributed by atoms with E-state index in [4.69, 9.17) is 0 Å². The summed E-state index contributed by atoms with van der Waals surface area (Å²) in [7, 11) is 0. The van der Waals surface area contributed by atoms with Crippen molar-refractivity contribution >= 4 is 22.3 Å². The summed E-state index contributed by atoms with van der Waals surface area (Å²) >= 11 is 0. The number of aliphatic hydroxyl groups excluding tert-OH is 1. The summed E-state index contributed by atoms with van der Waals surface area (Å²) in [5.74, 6) is 1.33. The van der Waals surface area contributed by atoms with Gasteiger partial charge in [0.15, 0.2) is 0 Å². The number of benzene rings is 1. The van der Waals surface area contributed by atoms with Crippen molar-refractivity contribution < 1.29 is 10.0 Å². The zero-order valence-corrected chi connectivity index (χ0v) is 14.4. The van der Waals surface area contributed by atoms with Gasteiger partial charge in [0.1, 0.15) is 5.82 Å². The molecule has 1 atom stereocenters. The maximum absolute atomic E-state index is 11.0. The molecule has 25 heavy (non-hydrogen) atoms. The number of β-amino-alcohol motifs (C(OH)–C–C–N with tert-alkyl or cyclic N) is 1. The van der Waals surface area contributed by atoms with Crippen molar-refractivity contribution in [3.05, 3.63) is 40.6 Å². The Kier molecular flexibility index (Phi) is 5.45. The number of aliphatic hydroxyl groups is 1. The van der Waals surface area contributed by atoms with Gasteiger partial charge < -0.3 is 15.3 Å². The first-order valence-electron chi connectivity index (χ1n) is 8.70. The number of hydrogen-bond acceptors (Lipinski definition) is 6. The number of fused-ring (bicyclic) bond motifs is 1. The molecule has 1 aromatic heterocycles. The number of nitro groups is 1. The van der Waals surface area contributed by atoms with Gasteiger partial charge in [0, 0.05) is 36.8 Å². The number of nitro benzene ring substituents is 1. The van der Waals surface area contributed by atoms with Crippen molar-refractivity contribution in [1.29, 1.82) is 0 Å². The first-order chi connectivity index (χ1) is 12.0. The molecule has 2 aromatic rings. The van der Waals surface area contributed by atoms with Crippen molar-refractivity contribution in [3.63, 3.8) is 0 Å². The molecule has 0 radical (unpaired) electrons. The molecule has 2 heterocycles. The average Bonchev–Trinajstić information content (AvgIpc) is 2.61. The van der Waals surface area contributed by atoms with E-state index in [9.17, 15) is 15.2 Å². The molecule has 0 aliphatic carbocycles. The number of hydrogen-bond donors (Lipinski definition) is 2. The standard InChI is InChI=1S/C18H24N4O3/c1-13-5-8-21(9-6-13)12-16(23)11-20-18-17-10-15(22(24)25)3-2-14(17)4-7-19-18/h2-4,7,10,13,16,23H,5-6,8-9,11-12H2,1H3,(H,19,20). The normalized spacial score (nSPS) is 17.5. The SMILES string of the molecule is CC1CCN(CC(O)CNc2nccc3ccc([N+](=O)[O-])cc23)CC1. The van der Waals surface area contributed by atoms with Crippen LogP contribution in [0.15, 0.2) is 30.5 Å². The number of nitrogens with one attached hydrogen (secondary N) is 1. The Balaban J connectivity index is 1.64. The van der Waals surface area contributed by atoms with Crippen LogP contribution in [0.3, 0.4) is 0 Å². The van der Waals surface area contributed by atoms with E-state index in [2.05, 4.69) is 22.1 Å². The van der Waals surface area contributed by atoms with Crippen molar-refractivity contribution in [3.8, 4) is 0 Å². The van der Waals surface area contributed by atoms with Crippen LogP contribution >= 0.6 is 0 Å². The van der Waals surface area contributed by atoms with Crippen LogP contribution in [0, 0.1) is 16.0 Å². The minimum absolute atomic E-state index is 0.0338. The molecular formula is C18H24N4O3. The maximum atomic E-state index is 11.0. The van der Waals surface area contributed by atoms with Crippen LogP contribution in [0.1, 0.15) is 19.8 Å². The number of non-ortho nitro benzene ring substituents is 1. The number of rotatable bonds is 6. The van der Waals surface area contributed by atoms with Gasteiger partial charge in [0.05, 0.1) is 11.0 Å². The first-order valence-corrected chi connectivity index (χ1v) is 8.70. The van der Waals surface area contributed by atoms with Crippen molar-refractivity contribution in [1.82, 2.24) is 9.88 Å². The molecule has 1 fully saturated rings. The van der Waals surface area contributed by atoms with Crippen LogP contribution in [0.5, 0.6) is 0 Å². The van der Waals surface area contributed by atoms with Crippen molar-refractivity contribution in [2.75, 3.05) is 31.5 Å². The highest BCUT2D eigenvalue weighted by molar-refractivity contribution is 5.93. The molecule has 0 saturated carbocycles. The number of likely N-dealkylation sites (tertiary alicyclic amines) is 1. The molecule has 1 aliphatic rings. The summed E-state index contributed by atoms with van der Waals surface area (Å²) in [6.45, 7) is 5.31. The molecule has 1 saturated heterocycles. The van der Waals surface area contributed by atoms with E-state index in [0.29, 0.717) is 24.3 Å². The minimum Gasteiger partial charge on any atom is -0.390 e. The molecule has 0 amide bonds. The maximum Gasteiger partial charge on any atom is 0.270 e. The van der Waals surface area contributed by atoms with Gasteiger partial charge in [-0.25, -0.2) is 4.98 Å². The van der Waals surface area contributed by atoms with E-state index in [-0.39, 0.29) is 5.69 Å². The monoisotopic (exact) mass is 344 g/mol. The second kappa shape index (κ2) is 7.76. The van der Waals surface area contributed by atoms with Gasteiger partial charge in [-0.3, -0.25) is 10.1 Å². The lowest BCUT2D eigenvalue weighted by atomic mass is 9.99. The average molecular weight is 344 g/mol. The van der Waals surface area contributed by atoms with Gasteiger partial charge in [-0.15, -0.1) is 0 Å². The van der Waals surface area contributed by atoms with Gasteiger partial charge in [-0.1, -0.05) is 6.92 Å². The fraction of sp³-hybridized carbons (Fsp3) is 0.500. The van der Waals surface area contributed by atoms with E-state index in [1.165, 1.54) is 25.0 Å². The van der Waals surface area contributed by atoms with Crippen molar-refractivity contribution in [2.45, 2.75) is 25.9 Å². The summed E-state index contributed by atoms with van der Waals surface area (Å²) in [5, 5.41) is 26.0. The minimum atomic E-state index is -0.510. The predicted molar refractivity (Wildman–Crippen MR) is 97.7 cm³/mol. The molecule has 7 heteroatoms. The number of aromatic nitrogens is 1. The van der Waals surface area contributed by atoms with Gasteiger partial charge in [-0.2, -0.15) is 0 Å². The zero-order chi connectivity index (χ0) is 17.8. The second-order valence-electron chi connectivity index (χ2n) is 6.84. The van der Waals surface area contributed by atoms with E-state index < -0.39 is 11.0 Å². The summed E-state index contributed by atoms with van der Waals surface area (Å²) in [5.41, 5.74) is 0.0338. The number of anilines is 1. The lowest BCUT2D eigenvalue weighted by Gasteiger charge is -2.31. The topological polar surface area (TPSA) is 91.5 Å². The number of nitrogens with zero attached hydrogens (tertiary/aromatic N) is 3. The molecule has 0 bridgehead atoms. The molecule has 7 nitrogen and oxygen atoms in total. The Hall–Kier alpha value is -2.25. The number of pyridine rings is 1. The molecular weight excluding hydrogens is 320 g/mol. The highest BCUT2D eigenvalue weighted by Crippen LogP contribution is 2.25. The van der Waals surface area contributed by atoms with Gasteiger partial charge in [0.2, 0.25) is 0 Å². The van der Waals surface area contributed by atoms with E-state index >= 15 is 0 Å². The van der Waals surface area contributed by atoms with Crippen LogP contribution in [-0.2, 0) is 0 Å². The Bertz CT molecular complexity index is 744. The van der Waals surface area contributed by atoms with E-state index in [0.717, 1.165) is 24.4 Å². The second-order valence-corrected chi connectivity index (χ2v) is 6.84. The highest BCUT2D eigenvalue weighted by Gasteiger charge is 2.18. The zero-order valence-electron chi connectivity index (χ0n) is 14.4. The van der Waals surface area contributed by atoms with E-state index in [1.807, 2.05) is 6.07 Å². The smallest absolute Gasteiger partial charge is 0.270 e. The first kappa shape index (κ1) is 17.6. The Morgan fingerprint density at radius 3 is 2.88 bits per heavy atom. The van der Waals surface area contributed by atoms with Crippen LogP contribution in [0.2, 0.25) is 0 Å². The van der Waals surface area contributed by atoms with Crippen LogP contribution in [-0.4, -0.2) is 52.2 Å². The molecule has 2 N–H and O–H groups in total. The molecule has 1 aliphatic heterocycles. The molecule has 1 aromatic carbocycles. The third-order valence-corrected chi connectivity index (χ3v) is 4.81. The fourth-order valence-corrected chi connectivity index (χ4v) is 3.23. The Morgan fingerprint density at radius 2 is 2.16 bits per heavy atom. The Labute approximate surface area is 146 Å². The molecule has 134 valence electrons. The van der Waals surface area contributed by atoms with Crippen molar-refractivity contribution in [2.24, 2.45) is 5.92 Å². The van der Waals surface area contributed by atoms with Gasteiger partial charge >= 0.3 is 0 Å². The summed E-state index contributed by atoms with van der Waals surface area (Å²) in [4.78, 5) is 17.1. The third kappa shape index (κ3) is 4.43. The summed E-state index contributed by atoms with van der Waals surface area (Å²) in [6, 6.07) is 6.53. The summed E-state index contributed by atoms with van der Waals surface area (Å²) in [6.07, 6.45) is 3.50.